The Balaban J connectivity index is 1.32. The molecule has 20 heavy (non-hydrogen) atoms. The largest absolute Gasteiger partial charge is 0.472 e. The van der Waals surface area contributed by atoms with Gasteiger partial charge >= 0.3 is 0 Å². The first-order valence-electron chi connectivity index (χ1n) is 8.31. The summed E-state index contributed by atoms with van der Waals surface area (Å²) < 4.78 is 5.07. The van der Waals surface area contributed by atoms with Crippen LogP contribution >= 0.6 is 0 Å². The van der Waals surface area contributed by atoms with Gasteiger partial charge in [0, 0.05) is 25.2 Å². The molecule has 2 fully saturated rings. The number of nitrogens with one attached hydrogen (secondary N) is 1. The van der Waals surface area contributed by atoms with Gasteiger partial charge in [-0.3, -0.25) is 0 Å². The Morgan fingerprint density at radius 1 is 1.10 bits per heavy atom. The van der Waals surface area contributed by atoms with Crippen LogP contribution in [0.5, 0.6) is 0 Å². The fraction of sp³-hybridized carbons (Fsp3) is 0.765. The molecule has 1 N–H and O–H groups in total. The smallest absolute Gasteiger partial charge is 0.0947 e. The van der Waals surface area contributed by atoms with Gasteiger partial charge in [-0.15, -0.1) is 0 Å². The molecule has 3 rings (SSSR count). The monoisotopic (exact) mass is 276 g/mol. The van der Waals surface area contributed by atoms with Crippen LogP contribution in [0.15, 0.2) is 23.0 Å². The first kappa shape index (κ1) is 14.2. The second-order valence-electron chi connectivity index (χ2n) is 6.71. The molecule has 3 nitrogen and oxygen atoms in total. The maximum Gasteiger partial charge on any atom is 0.0947 e. The van der Waals surface area contributed by atoms with Crippen molar-refractivity contribution in [2.45, 2.75) is 51.5 Å². The van der Waals surface area contributed by atoms with Gasteiger partial charge in [0.2, 0.25) is 0 Å². The van der Waals surface area contributed by atoms with Gasteiger partial charge < -0.3 is 14.6 Å². The Hall–Kier alpha value is -0.800. The Morgan fingerprint density at radius 2 is 1.90 bits per heavy atom. The van der Waals surface area contributed by atoms with Gasteiger partial charge in [-0.05, 0) is 50.3 Å². The molecule has 0 bridgehead atoms. The lowest BCUT2D eigenvalue weighted by molar-refractivity contribution is 0.0683. The molecule has 1 aromatic rings. The second kappa shape index (κ2) is 6.77. The quantitative estimate of drug-likeness (QED) is 0.835. The molecule has 1 saturated carbocycles. The summed E-state index contributed by atoms with van der Waals surface area (Å²) >= 11 is 0. The van der Waals surface area contributed by atoms with Gasteiger partial charge in [-0.1, -0.05) is 19.3 Å². The molecule has 0 amide bonds. The van der Waals surface area contributed by atoms with E-state index in [1.807, 2.05) is 12.3 Å². The topological polar surface area (TPSA) is 28.4 Å². The SMILES string of the molecule is c1cc(CNCCN2CCC3(CCCCC3)CC2)co1. The normalized spacial score (nSPS) is 23.2. The van der Waals surface area contributed by atoms with Crippen molar-refractivity contribution in [2.75, 3.05) is 26.2 Å². The zero-order valence-electron chi connectivity index (χ0n) is 12.6. The molecule has 0 unspecified atom stereocenters. The lowest BCUT2D eigenvalue weighted by Gasteiger charge is -2.44. The molecule has 2 heterocycles. The molecule has 0 atom stereocenters. The fourth-order valence-electron chi connectivity index (χ4n) is 3.92. The number of furan rings is 1. The van der Waals surface area contributed by atoms with Crippen LogP contribution in [-0.4, -0.2) is 31.1 Å². The highest BCUT2D eigenvalue weighted by atomic mass is 16.3. The first-order chi connectivity index (χ1) is 9.86. The molecule has 112 valence electrons. The highest BCUT2D eigenvalue weighted by Gasteiger charge is 2.35. The molecule has 1 saturated heterocycles. The van der Waals surface area contributed by atoms with Crippen molar-refractivity contribution < 1.29 is 4.42 Å². The third kappa shape index (κ3) is 3.64. The maximum absolute atomic E-state index is 5.07. The van der Waals surface area contributed by atoms with Crippen molar-refractivity contribution in [1.29, 1.82) is 0 Å². The highest BCUT2D eigenvalue weighted by molar-refractivity contribution is 5.04. The van der Waals surface area contributed by atoms with Crippen LogP contribution in [0.2, 0.25) is 0 Å². The fourth-order valence-corrected chi connectivity index (χ4v) is 3.92. The lowest BCUT2D eigenvalue weighted by Crippen LogP contribution is -2.43. The third-order valence-corrected chi connectivity index (χ3v) is 5.34. The van der Waals surface area contributed by atoms with Crippen LogP contribution < -0.4 is 5.32 Å². The Bertz CT molecular complexity index is 372. The minimum absolute atomic E-state index is 0.735. The average Bonchev–Trinajstić information content (AvgIpc) is 3.00. The van der Waals surface area contributed by atoms with Crippen LogP contribution in [0.4, 0.5) is 0 Å². The predicted molar refractivity (Wildman–Crippen MR) is 81.6 cm³/mol. The standard InChI is InChI=1S/C17H28N2O/c1-2-5-17(6-3-1)7-10-19(11-8-17)12-9-18-14-16-4-13-20-15-16/h4,13,15,18H,1-3,5-12,14H2. The van der Waals surface area contributed by atoms with E-state index in [-0.39, 0.29) is 0 Å². The summed E-state index contributed by atoms with van der Waals surface area (Å²) in [6.45, 7) is 5.82. The molecule has 1 aliphatic carbocycles. The number of nitrogens with zero attached hydrogens (tertiary/aromatic N) is 1. The minimum atomic E-state index is 0.735. The van der Waals surface area contributed by atoms with Crippen molar-refractivity contribution >= 4 is 0 Å². The maximum atomic E-state index is 5.07. The summed E-state index contributed by atoms with van der Waals surface area (Å²) in [4.78, 5) is 2.64. The molecular weight excluding hydrogens is 248 g/mol. The molecular formula is C17H28N2O. The van der Waals surface area contributed by atoms with E-state index in [4.69, 9.17) is 4.42 Å². The van der Waals surface area contributed by atoms with E-state index >= 15 is 0 Å². The van der Waals surface area contributed by atoms with Gasteiger partial charge in [0.25, 0.3) is 0 Å². The van der Waals surface area contributed by atoms with E-state index in [1.165, 1.54) is 70.1 Å². The predicted octanol–water partition coefficient (Wildman–Crippen LogP) is 3.42. The summed E-state index contributed by atoms with van der Waals surface area (Å²) in [5.74, 6) is 0. The molecule has 3 heteroatoms. The van der Waals surface area contributed by atoms with Crippen LogP contribution in [0, 0.1) is 5.41 Å². The van der Waals surface area contributed by atoms with Crippen molar-refractivity contribution in [3.8, 4) is 0 Å². The number of rotatable bonds is 5. The van der Waals surface area contributed by atoms with E-state index in [0.29, 0.717) is 0 Å². The van der Waals surface area contributed by atoms with E-state index in [1.54, 1.807) is 6.26 Å². The van der Waals surface area contributed by atoms with Gasteiger partial charge in [0.05, 0.1) is 12.5 Å². The van der Waals surface area contributed by atoms with E-state index in [9.17, 15) is 0 Å². The summed E-state index contributed by atoms with van der Waals surface area (Å²) in [5.41, 5.74) is 1.98. The van der Waals surface area contributed by atoms with Gasteiger partial charge in [-0.2, -0.15) is 0 Å². The second-order valence-corrected chi connectivity index (χ2v) is 6.71. The van der Waals surface area contributed by atoms with Crippen LogP contribution in [0.1, 0.15) is 50.5 Å². The van der Waals surface area contributed by atoms with Gasteiger partial charge in [0.15, 0.2) is 0 Å². The first-order valence-corrected chi connectivity index (χ1v) is 8.31. The van der Waals surface area contributed by atoms with Gasteiger partial charge in [0.1, 0.15) is 0 Å². The number of hydrogen-bond donors (Lipinski definition) is 1. The zero-order chi connectivity index (χ0) is 13.7. The van der Waals surface area contributed by atoms with E-state index in [2.05, 4.69) is 10.2 Å². The van der Waals surface area contributed by atoms with Crippen LogP contribution in [0.25, 0.3) is 0 Å². The van der Waals surface area contributed by atoms with Crippen molar-refractivity contribution in [3.63, 3.8) is 0 Å². The van der Waals surface area contributed by atoms with Crippen molar-refractivity contribution in [3.05, 3.63) is 24.2 Å². The van der Waals surface area contributed by atoms with Crippen LogP contribution in [0.3, 0.4) is 0 Å². The molecule has 1 aliphatic heterocycles. The van der Waals surface area contributed by atoms with Crippen molar-refractivity contribution in [1.82, 2.24) is 10.2 Å². The van der Waals surface area contributed by atoms with E-state index < -0.39 is 0 Å². The molecule has 1 aromatic heterocycles. The molecule has 2 aliphatic rings. The number of piperidine rings is 1. The molecule has 0 aromatic carbocycles. The summed E-state index contributed by atoms with van der Waals surface area (Å²) in [6.07, 6.45) is 13.9. The lowest BCUT2D eigenvalue weighted by atomic mass is 9.68. The van der Waals surface area contributed by atoms with Crippen LogP contribution in [-0.2, 0) is 6.54 Å². The Morgan fingerprint density at radius 3 is 2.60 bits per heavy atom. The summed E-state index contributed by atoms with van der Waals surface area (Å²) in [6, 6.07) is 2.03. The van der Waals surface area contributed by atoms with E-state index in [0.717, 1.165) is 18.5 Å². The number of likely N-dealkylation sites (tertiary alicyclic amines) is 1. The van der Waals surface area contributed by atoms with Gasteiger partial charge in [-0.25, -0.2) is 0 Å². The minimum Gasteiger partial charge on any atom is -0.472 e. The summed E-state index contributed by atoms with van der Waals surface area (Å²) in [5, 5.41) is 3.50. The Kier molecular flexibility index (Phi) is 4.79. The number of hydrogen-bond acceptors (Lipinski definition) is 3. The molecule has 1 spiro atoms. The van der Waals surface area contributed by atoms with Crippen molar-refractivity contribution in [2.24, 2.45) is 5.41 Å². The molecule has 0 radical (unpaired) electrons. The summed E-state index contributed by atoms with van der Waals surface area (Å²) in [7, 11) is 0. The highest BCUT2D eigenvalue weighted by Crippen LogP contribution is 2.44. The zero-order valence-corrected chi connectivity index (χ0v) is 12.6. The average molecular weight is 276 g/mol. The Labute approximate surface area is 122 Å². The third-order valence-electron chi connectivity index (χ3n) is 5.34.